The summed E-state index contributed by atoms with van der Waals surface area (Å²) in [7, 11) is 0. The minimum Gasteiger partial charge on any atom is -0.441 e. The average molecular weight is 584 g/mol. The molecule has 0 bridgehead atoms. The van der Waals surface area contributed by atoms with Gasteiger partial charge < -0.3 is 4.74 Å². The van der Waals surface area contributed by atoms with Gasteiger partial charge in [0.15, 0.2) is 6.23 Å². The van der Waals surface area contributed by atoms with Gasteiger partial charge in [-0.25, -0.2) is 4.79 Å². The molecular formula is C30H32F3N5O4. The highest BCUT2D eigenvalue weighted by Crippen LogP contribution is 2.76. The zero-order valence-corrected chi connectivity index (χ0v) is 23.6. The lowest BCUT2D eigenvalue weighted by atomic mass is 10.1. The van der Waals surface area contributed by atoms with E-state index in [4.69, 9.17) is 4.74 Å². The van der Waals surface area contributed by atoms with E-state index < -0.39 is 29.2 Å². The van der Waals surface area contributed by atoms with Crippen LogP contribution in [0.3, 0.4) is 0 Å². The maximum atomic E-state index is 13.8. The van der Waals surface area contributed by atoms with Crippen molar-refractivity contribution < 1.29 is 22.7 Å². The van der Waals surface area contributed by atoms with Gasteiger partial charge in [0.05, 0.1) is 34.9 Å². The lowest BCUT2D eigenvalue weighted by Gasteiger charge is -2.22. The Morgan fingerprint density at radius 2 is 1.88 bits per heavy atom. The highest BCUT2D eigenvalue weighted by molar-refractivity contribution is 5.86. The van der Waals surface area contributed by atoms with Crippen molar-refractivity contribution in [3.05, 3.63) is 74.7 Å². The summed E-state index contributed by atoms with van der Waals surface area (Å²) in [5.41, 5.74) is 0.178. The van der Waals surface area contributed by atoms with Crippen LogP contribution in [0.5, 0.6) is 0 Å². The molecule has 2 fully saturated rings. The van der Waals surface area contributed by atoms with Crippen molar-refractivity contribution in [2.75, 3.05) is 0 Å². The SMILES string of the molecule is CCCn1c(=O)c2c(cc(-c3cnn(Cc4cccc(C(F)(F)F)c4)c3)n2C(CC)OC(=O)C23CC2C3)n(CC)c1=O. The number of nitrogens with zero attached hydrogens (tertiary/aromatic N) is 5. The molecule has 2 saturated carbocycles. The Morgan fingerprint density at radius 3 is 2.50 bits per heavy atom. The second-order valence-electron chi connectivity index (χ2n) is 11.3. The Hall–Kier alpha value is -4.09. The molecule has 3 aromatic heterocycles. The monoisotopic (exact) mass is 583 g/mol. The van der Waals surface area contributed by atoms with E-state index in [9.17, 15) is 27.6 Å². The number of benzene rings is 1. The number of halogens is 3. The normalized spacial score (nSPS) is 20.0. The van der Waals surface area contributed by atoms with Gasteiger partial charge in [0.1, 0.15) is 5.52 Å². The smallest absolute Gasteiger partial charge is 0.416 e. The molecule has 1 atom stereocenters. The molecule has 6 rings (SSSR count). The average Bonchev–Trinajstić information content (AvgIpc) is 3.72. The third-order valence-electron chi connectivity index (χ3n) is 8.48. The van der Waals surface area contributed by atoms with Crippen LogP contribution in [0, 0.1) is 11.3 Å². The Balaban J connectivity index is 1.47. The molecule has 9 nitrogen and oxygen atoms in total. The maximum Gasteiger partial charge on any atom is 0.416 e. The van der Waals surface area contributed by atoms with Gasteiger partial charge in [-0.15, -0.1) is 0 Å². The molecule has 1 unspecified atom stereocenters. The van der Waals surface area contributed by atoms with E-state index >= 15 is 0 Å². The molecule has 3 heterocycles. The van der Waals surface area contributed by atoms with Gasteiger partial charge in [-0.3, -0.25) is 28.0 Å². The molecule has 222 valence electrons. The number of ether oxygens (including phenoxy) is 1. The van der Waals surface area contributed by atoms with E-state index in [1.54, 1.807) is 29.1 Å². The summed E-state index contributed by atoms with van der Waals surface area (Å²) < 4.78 is 51.7. The Morgan fingerprint density at radius 1 is 1.14 bits per heavy atom. The quantitative estimate of drug-likeness (QED) is 0.240. The summed E-state index contributed by atoms with van der Waals surface area (Å²) in [6.45, 7) is 6.21. The first kappa shape index (κ1) is 28.0. The van der Waals surface area contributed by atoms with E-state index in [1.165, 1.54) is 19.9 Å². The van der Waals surface area contributed by atoms with E-state index in [1.807, 2.05) is 20.8 Å². The number of carbonyl (C=O) groups is 1. The molecule has 12 heteroatoms. The van der Waals surface area contributed by atoms with Gasteiger partial charge in [0.25, 0.3) is 5.56 Å². The van der Waals surface area contributed by atoms with Crippen LogP contribution in [0.1, 0.15) is 63.8 Å². The summed E-state index contributed by atoms with van der Waals surface area (Å²) in [5.74, 6) is 0.106. The van der Waals surface area contributed by atoms with Crippen LogP contribution >= 0.6 is 0 Å². The van der Waals surface area contributed by atoms with Crippen molar-refractivity contribution in [1.82, 2.24) is 23.5 Å². The Bertz CT molecular complexity index is 1810. The summed E-state index contributed by atoms with van der Waals surface area (Å²) in [6, 6.07) is 6.79. The number of rotatable bonds is 10. The van der Waals surface area contributed by atoms with Gasteiger partial charge >= 0.3 is 17.8 Å². The summed E-state index contributed by atoms with van der Waals surface area (Å²) in [5, 5.41) is 4.39. The number of fused-ring (bicyclic) bond motifs is 2. The molecule has 0 amide bonds. The maximum absolute atomic E-state index is 13.8. The third kappa shape index (κ3) is 4.57. The molecule has 0 radical (unpaired) electrons. The standard InChI is InChI=1S/C30H32F3N5O4/c1-4-10-37-26(39)25-23(36(6-3)28(37)41)12-22(38(25)24(5-2)42-27(40)29-13-21(29)14-29)19-15-34-35(17-19)16-18-8-7-9-20(11-18)30(31,32)33/h7-9,11-12,15,17,21,24H,4-6,10,13-14,16H2,1-3H3. The zero-order valence-electron chi connectivity index (χ0n) is 23.6. The number of aromatic nitrogens is 5. The number of aryl methyl sites for hydroxylation is 1. The first-order valence-corrected chi connectivity index (χ1v) is 14.3. The van der Waals surface area contributed by atoms with Gasteiger partial charge in [0.2, 0.25) is 0 Å². The van der Waals surface area contributed by atoms with Crippen molar-refractivity contribution in [3.8, 4) is 11.3 Å². The zero-order chi connectivity index (χ0) is 30.0. The number of hydrogen-bond acceptors (Lipinski definition) is 5. The number of carbonyl (C=O) groups excluding carboxylic acids is 1. The van der Waals surface area contributed by atoms with Crippen LogP contribution in [0.15, 0.2) is 52.3 Å². The largest absolute Gasteiger partial charge is 0.441 e. The van der Waals surface area contributed by atoms with E-state index in [-0.39, 0.29) is 30.0 Å². The lowest BCUT2D eigenvalue weighted by Crippen LogP contribution is -2.40. The van der Waals surface area contributed by atoms with Crippen LogP contribution in [-0.4, -0.2) is 29.5 Å². The van der Waals surface area contributed by atoms with E-state index in [0.29, 0.717) is 47.6 Å². The number of esters is 1. The molecule has 0 aliphatic heterocycles. The van der Waals surface area contributed by atoms with Crippen LogP contribution in [0.4, 0.5) is 13.2 Å². The van der Waals surface area contributed by atoms with Crippen molar-refractivity contribution in [2.24, 2.45) is 11.3 Å². The van der Waals surface area contributed by atoms with Gasteiger partial charge in [-0.05, 0) is 55.9 Å². The molecule has 2 aliphatic rings. The highest BCUT2D eigenvalue weighted by Gasteiger charge is 2.76. The van der Waals surface area contributed by atoms with E-state index in [2.05, 4.69) is 5.10 Å². The number of alkyl halides is 3. The topological polar surface area (TPSA) is 93.1 Å². The van der Waals surface area contributed by atoms with Crippen LogP contribution in [0.25, 0.3) is 22.3 Å². The van der Waals surface area contributed by atoms with Crippen molar-refractivity contribution >= 4 is 17.0 Å². The van der Waals surface area contributed by atoms with Crippen molar-refractivity contribution in [2.45, 2.75) is 78.5 Å². The first-order valence-electron chi connectivity index (χ1n) is 14.3. The molecule has 4 aromatic rings. The summed E-state index contributed by atoms with van der Waals surface area (Å²) >= 11 is 0. The second-order valence-corrected chi connectivity index (χ2v) is 11.3. The molecule has 0 saturated heterocycles. The molecule has 1 aromatic carbocycles. The molecule has 0 spiro atoms. The predicted molar refractivity (Wildman–Crippen MR) is 149 cm³/mol. The Labute approximate surface area is 239 Å². The van der Waals surface area contributed by atoms with Crippen LogP contribution < -0.4 is 11.2 Å². The fraction of sp³-hybridized carbons (Fsp3) is 0.467. The highest BCUT2D eigenvalue weighted by atomic mass is 19.4. The van der Waals surface area contributed by atoms with Crippen molar-refractivity contribution in [1.29, 1.82) is 0 Å². The molecule has 42 heavy (non-hydrogen) atoms. The molecular weight excluding hydrogens is 551 g/mol. The molecule has 2 aliphatic carbocycles. The Kier molecular flexibility index (Phi) is 6.69. The fourth-order valence-corrected chi connectivity index (χ4v) is 5.85. The van der Waals surface area contributed by atoms with Crippen molar-refractivity contribution in [3.63, 3.8) is 0 Å². The predicted octanol–water partition coefficient (Wildman–Crippen LogP) is 5.19. The van der Waals surface area contributed by atoms with Crippen LogP contribution in [0.2, 0.25) is 0 Å². The molecule has 0 N–H and O–H groups in total. The third-order valence-corrected chi connectivity index (χ3v) is 8.48. The minimum absolute atomic E-state index is 0.0865. The fourth-order valence-electron chi connectivity index (χ4n) is 5.85. The van der Waals surface area contributed by atoms with Gasteiger partial charge in [-0.1, -0.05) is 26.0 Å². The first-order chi connectivity index (χ1) is 20.0. The number of hydrogen-bond donors (Lipinski definition) is 0. The van der Waals surface area contributed by atoms with E-state index in [0.717, 1.165) is 25.0 Å². The summed E-state index contributed by atoms with van der Waals surface area (Å²) in [6.07, 6.45) is 0.566. The van der Waals surface area contributed by atoms with Crippen LogP contribution in [-0.2, 0) is 35.3 Å². The second kappa shape index (κ2) is 10.0. The van der Waals surface area contributed by atoms with Gasteiger partial charge in [0, 0.05) is 31.3 Å². The van der Waals surface area contributed by atoms with Gasteiger partial charge in [-0.2, -0.15) is 18.3 Å². The lowest BCUT2D eigenvalue weighted by molar-refractivity contribution is -0.158. The minimum atomic E-state index is -4.46. The summed E-state index contributed by atoms with van der Waals surface area (Å²) in [4.78, 5) is 40.2.